The Balaban J connectivity index is 1.74. The van der Waals surface area contributed by atoms with Crippen LogP contribution in [0.15, 0.2) is 28.8 Å². The summed E-state index contributed by atoms with van der Waals surface area (Å²) in [5.41, 5.74) is 1.12. The molecule has 1 atom stereocenters. The lowest BCUT2D eigenvalue weighted by atomic mass is 10.1. The molecule has 3 rings (SSSR count). The largest absolute Gasteiger partial charge is 0.448 e. The van der Waals surface area contributed by atoms with E-state index < -0.39 is 23.8 Å². The minimum Gasteiger partial charge on any atom is -0.448 e. The lowest BCUT2D eigenvalue weighted by molar-refractivity contribution is -0.123. The van der Waals surface area contributed by atoms with Crippen molar-refractivity contribution in [3.8, 4) is 0 Å². The Hall–Kier alpha value is -2.74. The van der Waals surface area contributed by atoms with Crippen LogP contribution in [0.2, 0.25) is 0 Å². The molecule has 6 nitrogen and oxygen atoms in total. The van der Waals surface area contributed by atoms with E-state index >= 15 is 0 Å². The lowest BCUT2D eigenvalue weighted by Gasteiger charge is -2.11. The number of amides is 1. The van der Waals surface area contributed by atoms with Crippen molar-refractivity contribution in [2.75, 3.05) is 5.32 Å². The molecular weight excluding hydrogens is 347 g/mol. The Bertz CT molecular complexity index is 963. The van der Waals surface area contributed by atoms with Crippen LogP contribution in [0.25, 0.3) is 10.1 Å². The standard InChI is InChI=1S/C17H15FN2O4S/c1-8-7-13(24-20-8)19-16(21)10(3)23-17(22)15-9(2)14-11(18)5-4-6-12(14)25-15/h4-7,10H,1-3H3,(H,19,21). The van der Waals surface area contributed by atoms with Crippen molar-refractivity contribution in [3.63, 3.8) is 0 Å². The Morgan fingerprint density at radius 1 is 1.36 bits per heavy atom. The number of rotatable bonds is 4. The first-order chi connectivity index (χ1) is 11.9. The number of hydrogen-bond donors (Lipinski definition) is 1. The molecular formula is C17H15FN2O4S. The number of carbonyl (C=O) groups excluding carboxylic acids is 2. The van der Waals surface area contributed by atoms with Gasteiger partial charge in [-0.15, -0.1) is 11.3 Å². The fourth-order valence-corrected chi connectivity index (χ4v) is 3.47. The monoisotopic (exact) mass is 362 g/mol. The van der Waals surface area contributed by atoms with Gasteiger partial charge in [0.25, 0.3) is 5.91 Å². The van der Waals surface area contributed by atoms with E-state index in [0.717, 1.165) is 11.3 Å². The second-order valence-electron chi connectivity index (χ2n) is 5.54. The van der Waals surface area contributed by atoms with Crippen molar-refractivity contribution in [2.45, 2.75) is 26.9 Å². The highest BCUT2D eigenvalue weighted by molar-refractivity contribution is 7.21. The molecule has 0 saturated heterocycles. The molecule has 1 N–H and O–H groups in total. The predicted octanol–water partition coefficient (Wildman–Crippen LogP) is 3.83. The quantitative estimate of drug-likeness (QED) is 0.714. The first-order valence-corrected chi connectivity index (χ1v) is 8.31. The van der Waals surface area contributed by atoms with Crippen LogP contribution in [-0.2, 0) is 9.53 Å². The fourth-order valence-electron chi connectivity index (χ4n) is 2.36. The zero-order chi connectivity index (χ0) is 18.1. The number of benzene rings is 1. The molecule has 1 unspecified atom stereocenters. The normalized spacial score (nSPS) is 12.2. The summed E-state index contributed by atoms with van der Waals surface area (Å²) >= 11 is 1.13. The Labute approximate surface area is 146 Å². The number of halogens is 1. The minimum absolute atomic E-state index is 0.172. The van der Waals surface area contributed by atoms with Crippen LogP contribution in [-0.4, -0.2) is 23.1 Å². The summed E-state index contributed by atoms with van der Waals surface area (Å²) in [6.45, 7) is 4.81. The summed E-state index contributed by atoms with van der Waals surface area (Å²) in [5.74, 6) is -1.44. The van der Waals surface area contributed by atoms with E-state index in [1.165, 1.54) is 13.0 Å². The molecule has 8 heteroatoms. The summed E-state index contributed by atoms with van der Waals surface area (Å²) in [6.07, 6.45) is -1.05. The van der Waals surface area contributed by atoms with E-state index in [-0.39, 0.29) is 10.8 Å². The van der Waals surface area contributed by atoms with Gasteiger partial charge in [-0.2, -0.15) is 0 Å². The molecule has 0 aliphatic carbocycles. The highest BCUT2D eigenvalue weighted by Gasteiger charge is 2.24. The molecule has 1 amide bonds. The third-order valence-electron chi connectivity index (χ3n) is 3.62. The van der Waals surface area contributed by atoms with E-state index in [1.807, 2.05) is 0 Å². The van der Waals surface area contributed by atoms with Crippen LogP contribution >= 0.6 is 11.3 Å². The van der Waals surface area contributed by atoms with Gasteiger partial charge in [-0.1, -0.05) is 11.2 Å². The average molecular weight is 362 g/mol. The molecule has 0 aliphatic heterocycles. The second kappa shape index (κ2) is 6.64. The van der Waals surface area contributed by atoms with Gasteiger partial charge < -0.3 is 9.26 Å². The van der Waals surface area contributed by atoms with E-state index in [2.05, 4.69) is 10.5 Å². The molecule has 0 aliphatic rings. The summed E-state index contributed by atoms with van der Waals surface area (Å²) < 4.78 is 24.7. The van der Waals surface area contributed by atoms with E-state index in [0.29, 0.717) is 21.3 Å². The molecule has 2 aromatic heterocycles. The number of carbonyl (C=O) groups is 2. The number of esters is 1. The smallest absolute Gasteiger partial charge is 0.349 e. The molecule has 0 saturated carbocycles. The van der Waals surface area contributed by atoms with Crippen LogP contribution in [0, 0.1) is 19.7 Å². The molecule has 0 radical (unpaired) electrons. The van der Waals surface area contributed by atoms with Gasteiger partial charge in [-0.25, -0.2) is 9.18 Å². The predicted molar refractivity (Wildman–Crippen MR) is 91.3 cm³/mol. The molecule has 1 aromatic carbocycles. The van der Waals surface area contributed by atoms with Gasteiger partial charge in [0.05, 0.1) is 5.69 Å². The molecule has 0 spiro atoms. The number of nitrogens with one attached hydrogen (secondary N) is 1. The topological polar surface area (TPSA) is 81.4 Å². The van der Waals surface area contributed by atoms with Gasteiger partial charge in [0.15, 0.2) is 6.10 Å². The van der Waals surface area contributed by atoms with Gasteiger partial charge in [0, 0.05) is 16.2 Å². The van der Waals surface area contributed by atoms with Gasteiger partial charge >= 0.3 is 5.97 Å². The van der Waals surface area contributed by atoms with Crippen molar-refractivity contribution in [1.82, 2.24) is 5.16 Å². The third-order valence-corrected chi connectivity index (χ3v) is 4.85. The van der Waals surface area contributed by atoms with Gasteiger partial charge in [0.2, 0.25) is 5.88 Å². The summed E-state index contributed by atoms with van der Waals surface area (Å²) in [4.78, 5) is 24.7. The first-order valence-electron chi connectivity index (χ1n) is 7.49. The highest BCUT2D eigenvalue weighted by Crippen LogP contribution is 2.33. The number of thiophene rings is 1. The number of hydrogen-bond acceptors (Lipinski definition) is 6. The molecule has 2 heterocycles. The summed E-state index contributed by atoms with van der Waals surface area (Å²) in [5, 5.41) is 6.52. The Morgan fingerprint density at radius 2 is 2.12 bits per heavy atom. The number of ether oxygens (including phenoxy) is 1. The third kappa shape index (κ3) is 3.39. The van der Waals surface area contributed by atoms with Gasteiger partial charge in [-0.05, 0) is 38.5 Å². The SMILES string of the molecule is Cc1cc(NC(=O)C(C)OC(=O)c2sc3cccc(F)c3c2C)on1. The first kappa shape index (κ1) is 17.1. The molecule has 25 heavy (non-hydrogen) atoms. The molecule has 0 bridgehead atoms. The average Bonchev–Trinajstić information content (AvgIpc) is 3.11. The number of anilines is 1. The minimum atomic E-state index is -1.05. The Kier molecular flexibility index (Phi) is 4.54. The molecule has 0 fully saturated rings. The number of aromatic nitrogens is 1. The van der Waals surface area contributed by atoms with Crippen molar-refractivity contribution in [1.29, 1.82) is 0 Å². The summed E-state index contributed by atoms with van der Waals surface area (Å²) in [7, 11) is 0. The van der Waals surface area contributed by atoms with Crippen molar-refractivity contribution < 1.29 is 23.2 Å². The van der Waals surface area contributed by atoms with Crippen molar-refractivity contribution >= 4 is 39.2 Å². The number of fused-ring (bicyclic) bond motifs is 1. The van der Waals surface area contributed by atoms with Gasteiger partial charge in [-0.3, -0.25) is 10.1 Å². The molecule has 3 aromatic rings. The van der Waals surface area contributed by atoms with Crippen molar-refractivity contribution in [2.24, 2.45) is 0 Å². The van der Waals surface area contributed by atoms with E-state index in [1.54, 1.807) is 32.0 Å². The summed E-state index contributed by atoms with van der Waals surface area (Å²) in [6, 6.07) is 6.20. The zero-order valence-corrected chi connectivity index (χ0v) is 14.6. The van der Waals surface area contributed by atoms with Crippen LogP contribution in [0.4, 0.5) is 10.3 Å². The lowest BCUT2D eigenvalue weighted by Crippen LogP contribution is -2.29. The second-order valence-corrected chi connectivity index (χ2v) is 6.59. The van der Waals surface area contributed by atoms with Crippen LogP contribution < -0.4 is 5.32 Å². The van der Waals surface area contributed by atoms with E-state index in [9.17, 15) is 14.0 Å². The Morgan fingerprint density at radius 3 is 2.76 bits per heavy atom. The maximum Gasteiger partial charge on any atom is 0.349 e. The number of nitrogens with zero attached hydrogens (tertiary/aromatic N) is 1. The van der Waals surface area contributed by atoms with Crippen LogP contribution in [0.1, 0.15) is 27.9 Å². The van der Waals surface area contributed by atoms with Crippen molar-refractivity contribution in [3.05, 3.63) is 46.2 Å². The highest BCUT2D eigenvalue weighted by atomic mass is 32.1. The maximum atomic E-state index is 13.9. The maximum absolute atomic E-state index is 13.9. The fraction of sp³-hybridized carbons (Fsp3) is 0.235. The zero-order valence-electron chi connectivity index (χ0n) is 13.8. The number of aryl methyl sites for hydroxylation is 2. The van der Waals surface area contributed by atoms with E-state index in [4.69, 9.17) is 9.26 Å². The molecule has 130 valence electrons. The van der Waals surface area contributed by atoms with Crippen LogP contribution in [0.3, 0.4) is 0 Å². The van der Waals surface area contributed by atoms with Gasteiger partial charge in [0.1, 0.15) is 10.7 Å². The van der Waals surface area contributed by atoms with Crippen LogP contribution in [0.5, 0.6) is 0 Å².